The van der Waals surface area contributed by atoms with Gasteiger partial charge in [0.1, 0.15) is 0 Å². The first-order valence-electron chi connectivity index (χ1n) is 4.59. The second kappa shape index (κ2) is 6.00. The maximum atomic E-state index is 11.0. The number of rotatable bonds is 2. The molecule has 72 valence electrons. The smallest absolute Gasteiger partial charge is 0.222 e. The Balaban J connectivity index is 0.000000561. The van der Waals surface area contributed by atoms with Crippen molar-refractivity contribution < 1.29 is 9.53 Å². The molecule has 0 N–H and O–H groups in total. The normalized spacial score (nSPS) is 15.7. The highest BCUT2D eigenvalue weighted by Gasteiger charge is 2.25. The fourth-order valence-corrected chi connectivity index (χ4v) is 0.900. The van der Waals surface area contributed by atoms with Gasteiger partial charge in [-0.2, -0.15) is 0 Å². The first-order chi connectivity index (χ1) is 5.75. The van der Waals surface area contributed by atoms with E-state index in [2.05, 4.69) is 0 Å². The zero-order valence-corrected chi connectivity index (χ0v) is 8.46. The highest BCUT2D eigenvalue weighted by atomic mass is 16.5. The van der Waals surface area contributed by atoms with Crippen molar-refractivity contribution >= 4 is 5.91 Å². The topological polar surface area (TPSA) is 29.5 Å². The Kier molecular flexibility index (Phi) is 5.72. The molecule has 0 aromatic rings. The molecule has 0 aromatic carbocycles. The lowest BCUT2D eigenvalue weighted by molar-refractivity contribution is -0.141. The highest BCUT2D eigenvalue weighted by Crippen LogP contribution is 2.08. The Morgan fingerprint density at radius 2 is 2.00 bits per heavy atom. The van der Waals surface area contributed by atoms with Crippen molar-refractivity contribution in [3.63, 3.8) is 0 Å². The number of carbonyl (C=O) groups is 1. The van der Waals surface area contributed by atoms with E-state index in [0.29, 0.717) is 25.7 Å². The largest absolute Gasteiger partial charge is 0.377 e. The van der Waals surface area contributed by atoms with E-state index in [4.69, 9.17) is 4.74 Å². The van der Waals surface area contributed by atoms with Crippen molar-refractivity contribution in [3.05, 3.63) is 0 Å². The predicted molar refractivity (Wildman–Crippen MR) is 49.0 cm³/mol. The summed E-state index contributed by atoms with van der Waals surface area (Å²) in [7, 11) is 1.83. The molecule has 0 unspecified atom stereocenters. The quantitative estimate of drug-likeness (QED) is 0.629. The van der Waals surface area contributed by atoms with Crippen LogP contribution in [0.4, 0.5) is 0 Å². The van der Waals surface area contributed by atoms with Crippen molar-refractivity contribution in [2.75, 3.05) is 20.3 Å². The van der Waals surface area contributed by atoms with Crippen LogP contribution in [0, 0.1) is 0 Å². The van der Waals surface area contributed by atoms with Crippen LogP contribution in [0.2, 0.25) is 0 Å². The summed E-state index contributed by atoms with van der Waals surface area (Å²) < 4.78 is 4.96. The van der Waals surface area contributed by atoms with Crippen LogP contribution in [0.3, 0.4) is 0 Å². The average Bonchev–Trinajstić information content (AvgIpc) is 2.03. The molecule has 3 heteroatoms. The third kappa shape index (κ3) is 2.81. The highest BCUT2D eigenvalue weighted by molar-refractivity contribution is 5.75. The van der Waals surface area contributed by atoms with Crippen LogP contribution >= 0.6 is 0 Å². The van der Waals surface area contributed by atoms with Gasteiger partial charge in [-0.05, 0) is 0 Å². The number of ether oxygens (including phenoxy) is 1. The summed E-state index contributed by atoms with van der Waals surface area (Å²) in [5.74, 6) is 0.202. The van der Waals surface area contributed by atoms with Crippen LogP contribution in [-0.2, 0) is 9.53 Å². The van der Waals surface area contributed by atoms with E-state index in [1.165, 1.54) is 0 Å². The predicted octanol–water partition coefficient (Wildman–Crippen LogP) is 1.28. The Hall–Kier alpha value is -0.570. The fourth-order valence-electron chi connectivity index (χ4n) is 0.900. The van der Waals surface area contributed by atoms with Crippen molar-refractivity contribution in [2.45, 2.75) is 33.2 Å². The molecule has 0 saturated carbocycles. The molecule has 0 aromatic heterocycles. The monoisotopic (exact) mass is 173 g/mol. The van der Waals surface area contributed by atoms with Crippen LogP contribution in [0.1, 0.15) is 27.2 Å². The molecular formula is C9H19NO2. The van der Waals surface area contributed by atoms with Crippen molar-refractivity contribution in [1.82, 2.24) is 4.90 Å². The summed E-state index contributed by atoms with van der Waals surface area (Å²) in [6, 6.07) is 0.340. The SMILES string of the molecule is CC.CCC(=O)N(C)C1COC1. The van der Waals surface area contributed by atoms with Gasteiger partial charge < -0.3 is 9.64 Å². The molecule has 1 amide bonds. The van der Waals surface area contributed by atoms with Crippen LogP contribution in [0.15, 0.2) is 0 Å². The number of carbonyl (C=O) groups excluding carboxylic acids is 1. The van der Waals surface area contributed by atoms with E-state index in [-0.39, 0.29) is 5.91 Å². The molecule has 12 heavy (non-hydrogen) atoms. The summed E-state index contributed by atoms with van der Waals surface area (Å²) >= 11 is 0. The summed E-state index contributed by atoms with van der Waals surface area (Å²) in [6.45, 7) is 7.29. The van der Waals surface area contributed by atoms with Gasteiger partial charge in [-0.15, -0.1) is 0 Å². The maximum absolute atomic E-state index is 11.0. The zero-order valence-electron chi connectivity index (χ0n) is 8.46. The number of amides is 1. The van der Waals surface area contributed by atoms with Gasteiger partial charge in [-0.3, -0.25) is 4.79 Å². The van der Waals surface area contributed by atoms with E-state index in [1.807, 2.05) is 27.8 Å². The minimum absolute atomic E-state index is 0.202. The number of likely N-dealkylation sites (N-methyl/N-ethyl adjacent to an activating group) is 1. The first-order valence-corrected chi connectivity index (χ1v) is 4.59. The van der Waals surface area contributed by atoms with Crippen LogP contribution in [0.5, 0.6) is 0 Å². The zero-order chi connectivity index (χ0) is 9.56. The van der Waals surface area contributed by atoms with E-state index >= 15 is 0 Å². The minimum atomic E-state index is 0.202. The Bertz CT molecular complexity index is 132. The lowest BCUT2D eigenvalue weighted by Crippen LogP contribution is -2.49. The fraction of sp³-hybridized carbons (Fsp3) is 0.889. The summed E-state index contributed by atoms with van der Waals surface area (Å²) in [4.78, 5) is 12.8. The van der Waals surface area contributed by atoms with Gasteiger partial charge in [0.25, 0.3) is 0 Å². The van der Waals surface area contributed by atoms with E-state index < -0.39 is 0 Å². The molecule has 1 fully saturated rings. The molecule has 1 aliphatic heterocycles. The second-order valence-corrected chi connectivity index (χ2v) is 2.55. The van der Waals surface area contributed by atoms with Crippen molar-refractivity contribution in [2.24, 2.45) is 0 Å². The van der Waals surface area contributed by atoms with Crippen LogP contribution < -0.4 is 0 Å². The number of hydrogen-bond donors (Lipinski definition) is 0. The van der Waals surface area contributed by atoms with Gasteiger partial charge in [0, 0.05) is 13.5 Å². The Morgan fingerprint density at radius 3 is 2.25 bits per heavy atom. The molecule has 1 saturated heterocycles. The molecule has 0 bridgehead atoms. The van der Waals surface area contributed by atoms with Gasteiger partial charge in [-0.1, -0.05) is 20.8 Å². The minimum Gasteiger partial charge on any atom is -0.377 e. The van der Waals surface area contributed by atoms with Crippen LogP contribution in [-0.4, -0.2) is 37.1 Å². The van der Waals surface area contributed by atoms with Gasteiger partial charge in [0.15, 0.2) is 0 Å². The first kappa shape index (κ1) is 11.4. The second-order valence-electron chi connectivity index (χ2n) is 2.55. The van der Waals surface area contributed by atoms with Crippen LogP contribution in [0.25, 0.3) is 0 Å². The molecule has 0 atom stereocenters. The molecule has 3 nitrogen and oxygen atoms in total. The molecular weight excluding hydrogens is 154 g/mol. The van der Waals surface area contributed by atoms with E-state index in [0.717, 1.165) is 0 Å². The summed E-state index contributed by atoms with van der Waals surface area (Å²) in [6.07, 6.45) is 0.590. The van der Waals surface area contributed by atoms with E-state index in [1.54, 1.807) is 4.90 Å². The standard InChI is InChI=1S/C7H13NO2.C2H6/c1-3-7(9)8(2)6-4-10-5-6;1-2/h6H,3-5H2,1-2H3;1-2H3. The summed E-state index contributed by atoms with van der Waals surface area (Å²) in [5, 5.41) is 0. The maximum Gasteiger partial charge on any atom is 0.222 e. The van der Waals surface area contributed by atoms with E-state index in [9.17, 15) is 4.79 Å². The number of nitrogens with zero attached hydrogens (tertiary/aromatic N) is 1. The molecule has 1 aliphatic rings. The summed E-state index contributed by atoms with van der Waals surface area (Å²) in [5.41, 5.74) is 0. The lowest BCUT2D eigenvalue weighted by Gasteiger charge is -2.34. The number of hydrogen-bond acceptors (Lipinski definition) is 2. The van der Waals surface area contributed by atoms with Crippen molar-refractivity contribution in [3.8, 4) is 0 Å². The Labute approximate surface area is 74.7 Å². The van der Waals surface area contributed by atoms with Gasteiger partial charge >= 0.3 is 0 Å². The molecule has 0 radical (unpaired) electrons. The molecule has 0 spiro atoms. The van der Waals surface area contributed by atoms with Gasteiger partial charge in [-0.25, -0.2) is 0 Å². The Morgan fingerprint density at radius 1 is 1.50 bits per heavy atom. The third-order valence-corrected chi connectivity index (χ3v) is 1.86. The molecule has 1 heterocycles. The average molecular weight is 173 g/mol. The lowest BCUT2D eigenvalue weighted by atomic mass is 10.2. The molecule has 0 aliphatic carbocycles. The molecule has 1 rings (SSSR count). The third-order valence-electron chi connectivity index (χ3n) is 1.86. The van der Waals surface area contributed by atoms with Crippen molar-refractivity contribution in [1.29, 1.82) is 0 Å². The van der Waals surface area contributed by atoms with Gasteiger partial charge in [0.2, 0.25) is 5.91 Å². The van der Waals surface area contributed by atoms with Gasteiger partial charge in [0.05, 0.1) is 19.3 Å².